The van der Waals surface area contributed by atoms with Gasteiger partial charge in [-0.25, -0.2) is 9.78 Å². The highest BCUT2D eigenvalue weighted by Crippen LogP contribution is 2.35. The third-order valence-corrected chi connectivity index (χ3v) is 5.44. The minimum atomic E-state index is -0.428. The molecule has 0 spiro atoms. The number of hydrogen-bond acceptors (Lipinski definition) is 5. The minimum Gasteiger partial charge on any atom is -0.482 e. The van der Waals surface area contributed by atoms with Gasteiger partial charge in [-0.05, 0) is 48.4 Å². The maximum absolute atomic E-state index is 11.3. The molecule has 5 nitrogen and oxygen atoms in total. The molecule has 1 aromatic heterocycles. The second kappa shape index (κ2) is 10.6. The third kappa shape index (κ3) is 5.95. The highest BCUT2D eigenvalue weighted by Gasteiger charge is 2.18. The number of aryl methyl sites for hydroxylation is 2. The van der Waals surface area contributed by atoms with Crippen molar-refractivity contribution in [1.29, 1.82) is 0 Å². The summed E-state index contributed by atoms with van der Waals surface area (Å²) in [4.78, 5) is 16.1. The van der Waals surface area contributed by atoms with Crippen LogP contribution in [0.2, 0.25) is 10.0 Å². The Balaban J connectivity index is 1.58. The Bertz CT molecular complexity index is 1210. The molecule has 4 aromatic rings. The van der Waals surface area contributed by atoms with Crippen molar-refractivity contribution in [3.63, 3.8) is 0 Å². The normalized spacial score (nSPS) is 10.8. The molecule has 4 rings (SSSR count). The van der Waals surface area contributed by atoms with Crippen LogP contribution in [0.4, 0.5) is 0 Å². The minimum absolute atomic E-state index is 0.133. The van der Waals surface area contributed by atoms with Crippen LogP contribution in [0, 0.1) is 0 Å². The van der Waals surface area contributed by atoms with Gasteiger partial charge in [-0.3, -0.25) is 0 Å². The van der Waals surface area contributed by atoms with Gasteiger partial charge in [0.2, 0.25) is 0 Å². The number of hydrogen-bond donors (Lipinski definition) is 0. The van der Waals surface area contributed by atoms with E-state index in [9.17, 15) is 4.79 Å². The smallest absolute Gasteiger partial charge is 0.343 e. The summed E-state index contributed by atoms with van der Waals surface area (Å²) in [6.45, 7) is -0.133. The van der Waals surface area contributed by atoms with Crippen LogP contribution in [0.5, 0.6) is 5.75 Å². The van der Waals surface area contributed by atoms with Gasteiger partial charge in [0.15, 0.2) is 18.3 Å². The van der Waals surface area contributed by atoms with Crippen molar-refractivity contribution < 1.29 is 18.7 Å². The number of methoxy groups -OCH3 is 1. The summed E-state index contributed by atoms with van der Waals surface area (Å²) in [7, 11) is 1.33. The first-order chi connectivity index (χ1) is 16.0. The first-order valence-corrected chi connectivity index (χ1v) is 11.1. The summed E-state index contributed by atoms with van der Waals surface area (Å²) >= 11 is 12.4. The van der Waals surface area contributed by atoms with Gasteiger partial charge in [-0.1, -0.05) is 59.6 Å². The number of esters is 1. The van der Waals surface area contributed by atoms with Gasteiger partial charge in [0, 0.05) is 27.6 Å². The Labute approximate surface area is 201 Å². The quantitative estimate of drug-likeness (QED) is 0.263. The number of nitrogens with zero attached hydrogens (tertiary/aromatic N) is 1. The van der Waals surface area contributed by atoms with Gasteiger partial charge in [0.05, 0.1) is 7.11 Å². The number of rotatable bonds is 8. The third-order valence-electron chi connectivity index (χ3n) is 4.97. The molecule has 0 saturated carbocycles. The molecule has 168 valence electrons. The van der Waals surface area contributed by atoms with Crippen LogP contribution in [0.3, 0.4) is 0 Å². The van der Waals surface area contributed by atoms with Crippen molar-refractivity contribution in [2.24, 2.45) is 0 Å². The van der Waals surface area contributed by atoms with E-state index in [4.69, 9.17) is 37.3 Å². The summed E-state index contributed by atoms with van der Waals surface area (Å²) in [6, 6.07) is 22.5. The Kier molecular flexibility index (Phi) is 7.33. The average Bonchev–Trinajstić information content (AvgIpc) is 3.26. The second-order valence-corrected chi connectivity index (χ2v) is 8.19. The molecule has 3 aromatic carbocycles. The number of aromatic nitrogens is 1. The van der Waals surface area contributed by atoms with E-state index >= 15 is 0 Å². The molecule has 0 radical (unpaired) electrons. The van der Waals surface area contributed by atoms with Gasteiger partial charge < -0.3 is 13.9 Å². The SMILES string of the molecule is COC(=O)COc1cccc(CCc2nc(-c3cccc(Cl)c3)c(-c3cccc(Cl)c3)o2)c1. The molecular weight excluding hydrogens is 461 g/mol. The van der Waals surface area contributed by atoms with Gasteiger partial charge in [0.1, 0.15) is 11.4 Å². The lowest BCUT2D eigenvalue weighted by Gasteiger charge is -2.06. The molecule has 0 aliphatic carbocycles. The van der Waals surface area contributed by atoms with Crippen LogP contribution < -0.4 is 4.74 Å². The molecule has 7 heteroatoms. The molecular formula is C26H21Cl2NO4. The van der Waals surface area contributed by atoms with Crippen LogP contribution in [0.25, 0.3) is 22.6 Å². The monoisotopic (exact) mass is 481 g/mol. The molecule has 0 N–H and O–H groups in total. The van der Waals surface area contributed by atoms with Crippen molar-refractivity contribution in [3.05, 3.63) is 94.3 Å². The highest BCUT2D eigenvalue weighted by molar-refractivity contribution is 6.31. The van der Waals surface area contributed by atoms with Crippen molar-refractivity contribution in [1.82, 2.24) is 4.98 Å². The van der Waals surface area contributed by atoms with E-state index in [-0.39, 0.29) is 6.61 Å². The number of oxazole rings is 1. The molecule has 0 saturated heterocycles. The lowest BCUT2D eigenvalue weighted by Crippen LogP contribution is -2.12. The number of ether oxygens (including phenoxy) is 2. The predicted molar refractivity (Wildman–Crippen MR) is 129 cm³/mol. The summed E-state index contributed by atoms with van der Waals surface area (Å²) in [5.74, 6) is 1.41. The number of carbonyl (C=O) groups excluding carboxylic acids is 1. The Hall–Kier alpha value is -3.28. The van der Waals surface area contributed by atoms with Gasteiger partial charge in [0.25, 0.3) is 0 Å². The predicted octanol–water partition coefficient (Wildman–Crippen LogP) is 6.65. The van der Waals surface area contributed by atoms with E-state index in [2.05, 4.69) is 4.74 Å². The van der Waals surface area contributed by atoms with Crippen LogP contribution in [-0.4, -0.2) is 24.7 Å². The van der Waals surface area contributed by atoms with E-state index < -0.39 is 5.97 Å². The van der Waals surface area contributed by atoms with Gasteiger partial charge >= 0.3 is 5.97 Å². The summed E-state index contributed by atoms with van der Waals surface area (Å²) in [6.07, 6.45) is 1.26. The van der Waals surface area contributed by atoms with Crippen molar-refractivity contribution in [2.45, 2.75) is 12.8 Å². The van der Waals surface area contributed by atoms with Crippen LogP contribution >= 0.6 is 23.2 Å². The zero-order valence-corrected chi connectivity index (χ0v) is 19.4. The molecule has 0 bridgehead atoms. The topological polar surface area (TPSA) is 61.6 Å². The largest absolute Gasteiger partial charge is 0.482 e. The number of benzene rings is 3. The second-order valence-electron chi connectivity index (χ2n) is 7.32. The standard InChI is InChI=1S/C26H21Cl2NO4/c1-31-24(30)16-32-22-10-2-5-17(13-22)11-12-23-29-25(18-6-3-8-20(27)14-18)26(33-23)19-7-4-9-21(28)15-19/h2-10,13-15H,11-12,16H2,1H3. The van der Waals surface area contributed by atoms with Crippen molar-refractivity contribution in [2.75, 3.05) is 13.7 Å². The molecule has 0 aliphatic heterocycles. The maximum Gasteiger partial charge on any atom is 0.343 e. The highest BCUT2D eigenvalue weighted by atomic mass is 35.5. The molecule has 0 atom stereocenters. The zero-order chi connectivity index (χ0) is 23.2. The summed E-state index contributed by atoms with van der Waals surface area (Å²) in [5.41, 5.74) is 3.45. The molecule has 1 heterocycles. The Morgan fingerprint density at radius 3 is 2.33 bits per heavy atom. The van der Waals surface area contributed by atoms with E-state index in [1.165, 1.54) is 7.11 Å². The summed E-state index contributed by atoms with van der Waals surface area (Å²) in [5, 5.41) is 1.24. The van der Waals surface area contributed by atoms with Crippen LogP contribution in [0.15, 0.2) is 77.2 Å². The van der Waals surface area contributed by atoms with E-state index in [0.29, 0.717) is 46.0 Å². The Morgan fingerprint density at radius 2 is 1.61 bits per heavy atom. The zero-order valence-electron chi connectivity index (χ0n) is 17.9. The van der Waals surface area contributed by atoms with Gasteiger partial charge in [-0.15, -0.1) is 0 Å². The van der Waals surface area contributed by atoms with E-state index in [1.807, 2.05) is 66.7 Å². The first-order valence-electron chi connectivity index (χ1n) is 10.3. The Morgan fingerprint density at radius 1 is 0.909 bits per heavy atom. The summed E-state index contributed by atoms with van der Waals surface area (Å²) < 4.78 is 16.3. The molecule has 0 amide bonds. The fourth-order valence-corrected chi connectivity index (χ4v) is 3.75. The molecule has 0 unspecified atom stereocenters. The van der Waals surface area contributed by atoms with Crippen molar-refractivity contribution >= 4 is 29.2 Å². The number of carbonyl (C=O) groups is 1. The lowest BCUT2D eigenvalue weighted by molar-refractivity contribution is -0.142. The van der Waals surface area contributed by atoms with E-state index in [1.54, 1.807) is 6.07 Å². The fraction of sp³-hybridized carbons (Fsp3) is 0.154. The van der Waals surface area contributed by atoms with Crippen LogP contribution in [0.1, 0.15) is 11.5 Å². The van der Waals surface area contributed by atoms with Crippen LogP contribution in [-0.2, 0) is 22.4 Å². The molecule has 0 fully saturated rings. The fourth-order valence-electron chi connectivity index (χ4n) is 3.37. The average molecular weight is 482 g/mol. The first kappa shape index (κ1) is 22.9. The number of halogens is 2. The van der Waals surface area contributed by atoms with Gasteiger partial charge in [-0.2, -0.15) is 0 Å². The molecule has 0 aliphatic rings. The van der Waals surface area contributed by atoms with E-state index in [0.717, 1.165) is 16.7 Å². The van der Waals surface area contributed by atoms with Crippen molar-refractivity contribution in [3.8, 4) is 28.3 Å². The molecule has 33 heavy (non-hydrogen) atoms. The lowest BCUT2D eigenvalue weighted by atomic mass is 10.1. The maximum atomic E-state index is 11.3.